The Morgan fingerprint density at radius 3 is 2.29 bits per heavy atom. The summed E-state index contributed by atoms with van der Waals surface area (Å²) in [4.78, 5) is 25.5. The van der Waals surface area contributed by atoms with Crippen molar-refractivity contribution < 1.29 is 28.4 Å². The highest BCUT2D eigenvalue weighted by Crippen LogP contribution is 2.38. The Morgan fingerprint density at radius 2 is 1.74 bits per heavy atom. The number of nitrogens with one attached hydrogen (secondary N) is 2. The first-order valence-corrected chi connectivity index (χ1v) is 12.4. The molecule has 2 atom stereocenters. The van der Waals surface area contributed by atoms with E-state index in [1.807, 2.05) is 52.0 Å². The van der Waals surface area contributed by atoms with Gasteiger partial charge in [-0.1, -0.05) is 23.7 Å². The molecule has 8 nitrogen and oxygen atoms in total. The molecule has 1 fully saturated rings. The minimum absolute atomic E-state index is 0.0102. The van der Waals surface area contributed by atoms with Crippen molar-refractivity contribution >= 4 is 30.7 Å². The van der Waals surface area contributed by atoms with Crippen LogP contribution in [-0.4, -0.2) is 61.6 Å². The van der Waals surface area contributed by atoms with Crippen LogP contribution in [0.2, 0.25) is 5.02 Å². The van der Waals surface area contributed by atoms with Gasteiger partial charge in [0.15, 0.2) is 0 Å². The Balaban J connectivity index is 2.13. The van der Waals surface area contributed by atoms with Crippen LogP contribution in [0.15, 0.2) is 24.3 Å². The lowest BCUT2D eigenvalue weighted by molar-refractivity contribution is -0.124. The number of carbonyl (C=O) groups excluding carboxylic acids is 2. The lowest BCUT2D eigenvalue weighted by atomic mass is 9.75. The number of amides is 2. The molecule has 2 N–H and O–H groups in total. The number of methoxy groups -OCH3 is 1. The summed E-state index contributed by atoms with van der Waals surface area (Å²) in [5.74, 6) is -0.845. The maximum atomic E-state index is 13.2. The van der Waals surface area contributed by atoms with E-state index in [2.05, 4.69) is 10.6 Å². The first kappa shape index (κ1) is 29.4. The van der Waals surface area contributed by atoms with E-state index in [9.17, 15) is 9.59 Å². The van der Waals surface area contributed by atoms with Gasteiger partial charge in [-0.05, 0) is 85.4 Å². The minimum atomic E-state index is -0.937. The molecule has 1 aliphatic heterocycles. The first-order chi connectivity index (χ1) is 16.1. The molecule has 1 aromatic rings. The predicted octanol–water partition coefficient (Wildman–Crippen LogP) is 4.32. The average molecular weight is 511 g/mol. The molecule has 0 bridgehead atoms. The zero-order valence-corrected chi connectivity index (χ0v) is 23.0. The zero-order chi connectivity index (χ0) is 26.4. The van der Waals surface area contributed by atoms with E-state index in [4.69, 9.17) is 30.4 Å². The van der Waals surface area contributed by atoms with Gasteiger partial charge in [0.1, 0.15) is 11.6 Å². The molecule has 2 rings (SSSR count). The molecular formula is C25H40BClN2O6. The van der Waals surface area contributed by atoms with Crippen LogP contribution in [0.4, 0.5) is 4.79 Å². The number of hydrogen-bond acceptors (Lipinski definition) is 6. The van der Waals surface area contributed by atoms with E-state index < -0.39 is 47.9 Å². The molecule has 1 heterocycles. The Hall–Kier alpha value is -1.81. The minimum Gasteiger partial charge on any atom is -0.444 e. The summed E-state index contributed by atoms with van der Waals surface area (Å²) < 4.78 is 22.9. The van der Waals surface area contributed by atoms with Gasteiger partial charge in [-0.25, -0.2) is 4.79 Å². The second kappa shape index (κ2) is 12.0. The van der Waals surface area contributed by atoms with Crippen molar-refractivity contribution in [2.75, 3.05) is 13.7 Å². The lowest BCUT2D eigenvalue weighted by Crippen LogP contribution is -2.56. The highest BCUT2D eigenvalue weighted by Gasteiger charge is 2.54. The maximum absolute atomic E-state index is 13.2. The molecule has 2 amide bonds. The van der Waals surface area contributed by atoms with Crippen molar-refractivity contribution in [2.24, 2.45) is 0 Å². The quantitative estimate of drug-likeness (QED) is 0.455. The largest absolute Gasteiger partial charge is 0.481 e. The van der Waals surface area contributed by atoms with Gasteiger partial charge in [-0.3, -0.25) is 4.79 Å². The summed E-state index contributed by atoms with van der Waals surface area (Å²) in [6.45, 7) is 13.1. The highest BCUT2D eigenvalue weighted by molar-refractivity contribution is 6.48. The first-order valence-electron chi connectivity index (χ1n) is 12.0. The number of alkyl carbamates (subject to hydrolysis) is 1. The van der Waals surface area contributed by atoms with Crippen molar-refractivity contribution in [3.05, 3.63) is 34.9 Å². The number of halogens is 1. The molecule has 0 spiro atoms. The third-order valence-electron chi connectivity index (χ3n) is 6.14. The van der Waals surface area contributed by atoms with Crippen LogP contribution < -0.4 is 10.6 Å². The van der Waals surface area contributed by atoms with E-state index in [0.717, 1.165) is 18.4 Å². The second-order valence-corrected chi connectivity index (χ2v) is 11.4. The summed E-state index contributed by atoms with van der Waals surface area (Å²) in [5.41, 5.74) is -0.674. The van der Waals surface area contributed by atoms with Gasteiger partial charge < -0.3 is 29.4 Å². The van der Waals surface area contributed by atoms with Crippen molar-refractivity contribution in [3.63, 3.8) is 0 Å². The second-order valence-electron chi connectivity index (χ2n) is 10.9. The van der Waals surface area contributed by atoms with E-state index in [-0.39, 0.29) is 6.61 Å². The van der Waals surface area contributed by atoms with Crippen LogP contribution in [-0.2, 0) is 30.0 Å². The number of carbonyl (C=O) groups is 2. The van der Waals surface area contributed by atoms with Crippen molar-refractivity contribution in [3.8, 4) is 0 Å². The van der Waals surface area contributed by atoms with E-state index in [0.29, 0.717) is 11.4 Å². The Bertz CT molecular complexity index is 858. The molecule has 35 heavy (non-hydrogen) atoms. The SMILES string of the molecule is COC[C@@H](NC(=O)OC(C)(C)C)C(=O)N[C@@H](CCCc1cccc(Cl)c1)B1OC(C)(C)C(C)(C)O1. The van der Waals surface area contributed by atoms with E-state index in [1.54, 1.807) is 20.8 Å². The van der Waals surface area contributed by atoms with Crippen LogP contribution in [0, 0.1) is 0 Å². The molecule has 196 valence electrons. The number of benzene rings is 1. The standard InChI is InChI=1S/C25H40BClN2O6/c1-23(2,3)33-22(31)28-19(16-32-8)21(30)29-20(26-34-24(4,5)25(6,7)35-26)14-10-12-17-11-9-13-18(27)15-17/h9,11,13,15,19-20H,10,12,14,16H2,1-8H3,(H,28,31)(H,29,30)/t19-,20+/m1/s1. The molecule has 1 aliphatic rings. The fraction of sp³-hybridized carbons (Fsp3) is 0.680. The molecular weight excluding hydrogens is 471 g/mol. The maximum Gasteiger partial charge on any atom is 0.481 e. The molecule has 0 saturated carbocycles. The van der Waals surface area contributed by atoms with Crippen molar-refractivity contribution in [1.82, 2.24) is 10.6 Å². The summed E-state index contributed by atoms with van der Waals surface area (Å²) >= 11 is 6.11. The van der Waals surface area contributed by atoms with Crippen LogP contribution in [0.5, 0.6) is 0 Å². The fourth-order valence-electron chi connectivity index (χ4n) is 3.63. The van der Waals surface area contributed by atoms with Gasteiger partial charge in [-0.15, -0.1) is 0 Å². The van der Waals surface area contributed by atoms with Crippen LogP contribution in [0.3, 0.4) is 0 Å². The van der Waals surface area contributed by atoms with Crippen LogP contribution >= 0.6 is 11.6 Å². The summed E-state index contributed by atoms with van der Waals surface area (Å²) in [7, 11) is 0.821. The Morgan fingerprint density at radius 1 is 1.11 bits per heavy atom. The molecule has 0 radical (unpaired) electrons. The van der Waals surface area contributed by atoms with Gasteiger partial charge in [0.05, 0.1) is 23.8 Å². The van der Waals surface area contributed by atoms with Gasteiger partial charge >= 0.3 is 13.2 Å². The highest BCUT2D eigenvalue weighted by atomic mass is 35.5. The van der Waals surface area contributed by atoms with Gasteiger partial charge in [-0.2, -0.15) is 0 Å². The summed E-state index contributed by atoms with van der Waals surface area (Å²) in [5, 5.41) is 6.31. The number of hydrogen-bond donors (Lipinski definition) is 2. The summed E-state index contributed by atoms with van der Waals surface area (Å²) in [6.07, 6.45) is 1.46. The zero-order valence-electron chi connectivity index (χ0n) is 22.2. The lowest BCUT2D eigenvalue weighted by Gasteiger charge is -2.32. The molecule has 1 aromatic carbocycles. The third kappa shape index (κ3) is 8.97. The summed E-state index contributed by atoms with van der Waals surface area (Å²) in [6, 6.07) is 6.78. The van der Waals surface area contributed by atoms with E-state index >= 15 is 0 Å². The van der Waals surface area contributed by atoms with Crippen LogP contribution in [0.1, 0.15) is 66.9 Å². The smallest absolute Gasteiger partial charge is 0.444 e. The number of rotatable bonds is 10. The van der Waals surface area contributed by atoms with Crippen molar-refractivity contribution in [1.29, 1.82) is 0 Å². The Labute approximate surface area is 214 Å². The van der Waals surface area contributed by atoms with Gasteiger partial charge in [0.2, 0.25) is 5.91 Å². The normalized spacial score (nSPS) is 18.6. The average Bonchev–Trinajstić information content (AvgIpc) is 2.92. The Kier molecular flexibility index (Phi) is 10.0. The van der Waals surface area contributed by atoms with Crippen LogP contribution in [0.25, 0.3) is 0 Å². The molecule has 0 aromatic heterocycles. The molecule has 10 heteroatoms. The third-order valence-corrected chi connectivity index (χ3v) is 6.37. The number of aryl methyl sites for hydroxylation is 1. The van der Waals surface area contributed by atoms with Gasteiger partial charge in [0, 0.05) is 12.1 Å². The monoisotopic (exact) mass is 510 g/mol. The fourth-order valence-corrected chi connectivity index (χ4v) is 3.84. The molecule has 0 aliphatic carbocycles. The molecule has 1 saturated heterocycles. The van der Waals surface area contributed by atoms with E-state index in [1.165, 1.54) is 7.11 Å². The van der Waals surface area contributed by atoms with Gasteiger partial charge in [0.25, 0.3) is 0 Å². The predicted molar refractivity (Wildman–Crippen MR) is 137 cm³/mol. The number of ether oxygens (including phenoxy) is 2. The molecule has 0 unspecified atom stereocenters. The topological polar surface area (TPSA) is 95.1 Å². The van der Waals surface area contributed by atoms with Crippen molar-refractivity contribution in [2.45, 2.75) is 96.5 Å².